The van der Waals surface area contributed by atoms with E-state index in [1.165, 1.54) is 106 Å². The van der Waals surface area contributed by atoms with Crippen LogP contribution >= 0.6 is 0 Å². The van der Waals surface area contributed by atoms with E-state index < -0.39 is 21.8 Å². The third kappa shape index (κ3) is 15.5. The van der Waals surface area contributed by atoms with Crippen LogP contribution < -0.4 is 28.4 Å². The summed E-state index contributed by atoms with van der Waals surface area (Å²) in [5.41, 5.74) is 29.2. The summed E-state index contributed by atoms with van der Waals surface area (Å²) in [6.07, 6.45) is 1.50. The van der Waals surface area contributed by atoms with Crippen molar-refractivity contribution in [2.45, 2.75) is 76.7 Å². The van der Waals surface area contributed by atoms with E-state index >= 15 is 0 Å². The van der Waals surface area contributed by atoms with Crippen LogP contribution in [0.1, 0.15) is 124 Å². The van der Waals surface area contributed by atoms with Gasteiger partial charge in [-0.15, -0.1) is 0 Å². The minimum atomic E-state index is -1.10. The molecule has 3 aliphatic rings. The van der Waals surface area contributed by atoms with E-state index in [9.17, 15) is 5.11 Å². The third-order valence-corrected chi connectivity index (χ3v) is 26.4. The molecule has 0 heterocycles. The quantitative estimate of drug-likeness (QED) is 0.0684. The van der Waals surface area contributed by atoms with Gasteiger partial charge >= 0.3 is 0 Å². The second-order valence-corrected chi connectivity index (χ2v) is 34.7. The van der Waals surface area contributed by atoms with Gasteiger partial charge < -0.3 is 33.5 Å². The number of rotatable bonds is 23. The van der Waals surface area contributed by atoms with Gasteiger partial charge in [-0.3, -0.25) is 0 Å². The van der Waals surface area contributed by atoms with Crippen molar-refractivity contribution >= 4 is 0 Å². The van der Waals surface area contributed by atoms with Gasteiger partial charge in [0, 0.05) is 5.56 Å². The maximum absolute atomic E-state index is 12.1. The highest BCUT2D eigenvalue weighted by molar-refractivity contribution is 5.90. The Balaban J connectivity index is 0.000000217. The summed E-state index contributed by atoms with van der Waals surface area (Å²) in [5.74, 6) is 8.09. The van der Waals surface area contributed by atoms with Crippen LogP contribution in [0.3, 0.4) is 0 Å². The number of hydrogen-bond acceptors (Lipinski definition) is 7. The Morgan fingerprint density at radius 2 is 0.462 bits per heavy atom. The van der Waals surface area contributed by atoms with E-state index in [0.717, 1.165) is 96.9 Å². The molecule has 130 heavy (non-hydrogen) atoms. The molecule has 7 heteroatoms. The molecule has 1 N–H and O–H groups in total. The van der Waals surface area contributed by atoms with Gasteiger partial charge in [-0.05, 0) is 294 Å². The lowest BCUT2D eigenvalue weighted by molar-refractivity contribution is 0.0401. The molecule has 0 bridgehead atoms. The summed E-state index contributed by atoms with van der Waals surface area (Å²) in [5, 5.41) is 12.1. The molecule has 3 aliphatic carbocycles. The molecule has 0 radical (unpaired) electrons. The van der Waals surface area contributed by atoms with Crippen molar-refractivity contribution in [2.24, 2.45) is 5.92 Å². The third-order valence-electron chi connectivity index (χ3n) is 26.4. The smallest absolute Gasteiger partial charge is 0.133 e. The first kappa shape index (κ1) is 84.2. The van der Waals surface area contributed by atoms with E-state index in [1.54, 1.807) is 14.2 Å². The summed E-state index contributed by atoms with van der Waals surface area (Å²) >= 11 is 0. The molecule has 0 aromatic heterocycles. The highest BCUT2D eigenvalue weighted by Gasteiger charge is 2.49. The summed E-state index contributed by atoms with van der Waals surface area (Å²) in [6, 6.07) is 152. The van der Waals surface area contributed by atoms with E-state index in [2.05, 4.69) is 416 Å². The summed E-state index contributed by atoms with van der Waals surface area (Å²) in [4.78, 5) is 0. The predicted molar refractivity (Wildman–Crippen MR) is 530 cm³/mol. The second kappa shape index (κ2) is 35.5. The van der Waals surface area contributed by atoms with E-state index in [4.69, 9.17) is 28.4 Å². The van der Waals surface area contributed by atoms with Gasteiger partial charge in [0.2, 0.25) is 0 Å². The first-order valence-corrected chi connectivity index (χ1v) is 44.5. The van der Waals surface area contributed by atoms with Crippen LogP contribution in [0.15, 0.2) is 431 Å². The Hall–Kier alpha value is -15.3. The number of fused-ring (bicyclic) bond motifs is 9. The molecule has 1 atom stereocenters. The Morgan fingerprint density at radius 1 is 0.254 bits per heavy atom. The monoisotopic (exact) mass is 1690 g/mol. The van der Waals surface area contributed by atoms with E-state index in [1.807, 2.05) is 49.4 Å². The van der Waals surface area contributed by atoms with E-state index in [-0.39, 0.29) is 7.43 Å². The number of hydrogen-bond donors (Lipinski definition) is 1. The molecule has 18 aromatic carbocycles. The number of ether oxygens (including phenoxy) is 6. The van der Waals surface area contributed by atoms with Gasteiger partial charge in [-0.25, -0.2) is 0 Å². The Morgan fingerprint density at radius 3 is 0.708 bits per heavy atom. The second-order valence-electron chi connectivity index (χ2n) is 34.7. The van der Waals surface area contributed by atoms with Crippen molar-refractivity contribution in [1.82, 2.24) is 0 Å². The SMILES string of the molecule is C.COc1ccc(C2(c3ccc(Oc4ccc(-c5ccc(C)cc5)cc4)cc3)c3ccccc3-c3ccccc32)cc1.COc1ccc(C2(c3ccc(Oc4ccc(-c5ccc(Oc6ccc(C7(c8ccc(Oc9ccc(-c%10ccc(C)cc%10)cc9C(C)(O)CCC(C)C)cc8)c8ccccc8-c8ccccc87)cc6)cc5)cc4)cc3)c3ccccc3-c3ccccc32)cc1. The van der Waals surface area contributed by atoms with Crippen LogP contribution in [0.25, 0.3) is 66.8 Å². The first-order chi connectivity index (χ1) is 63.1. The maximum Gasteiger partial charge on any atom is 0.133 e. The lowest BCUT2D eigenvalue weighted by atomic mass is 9.68. The topological polar surface area (TPSA) is 75.6 Å². The summed E-state index contributed by atoms with van der Waals surface area (Å²) < 4.78 is 37.3. The molecule has 7 nitrogen and oxygen atoms in total. The molecule has 21 rings (SSSR count). The summed E-state index contributed by atoms with van der Waals surface area (Å²) in [6.45, 7) is 10.5. The van der Waals surface area contributed by atoms with Gasteiger partial charge in [0.25, 0.3) is 0 Å². The average Bonchev–Trinajstić information content (AvgIpc) is 1.55. The molecular formula is C123H102O7. The molecular weight excluding hydrogens is 1590 g/mol. The maximum atomic E-state index is 12.1. The molecule has 0 fully saturated rings. The minimum Gasteiger partial charge on any atom is -0.497 e. The number of aryl methyl sites for hydroxylation is 2. The van der Waals surface area contributed by atoms with Gasteiger partial charge in [0.15, 0.2) is 0 Å². The fraction of sp³-hybridized carbons (Fsp3) is 0.122. The minimum absolute atomic E-state index is 0. The van der Waals surface area contributed by atoms with Crippen molar-refractivity contribution in [3.8, 4) is 124 Å². The fourth-order valence-corrected chi connectivity index (χ4v) is 19.9. The fourth-order valence-electron chi connectivity index (χ4n) is 19.9. The van der Waals surface area contributed by atoms with Crippen LogP contribution in [-0.4, -0.2) is 19.3 Å². The number of aliphatic hydroxyl groups is 1. The van der Waals surface area contributed by atoms with Gasteiger partial charge in [-0.1, -0.05) is 342 Å². The Bertz CT molecular complexity index is 6920. The van der Waals surface area contributed by atoms with Gasteiger partial charge in [-0.2, -0.15) is 0 Å². The van der Waals surface area contributed by atoms with Crippen molar-refractivity contribution in [1.29, 1.82) is 0 Å². The zero-order valence-electron chi connectivity index (χ0n) is 73.4. The molecule has 0 amide bonds. The molecule has 0 saturated carbocycles. The number of benzene rings is 18. The van der Waals surface area contributed by atoms with Crippen LogP contribution in [-0.2, 0) is 21.8 Å². The van der Waals surface area contributed by atoms with Crippen molar-refractivity contribution < 1.29 is 33.5 Å². The highest BCUT2D eigenvalue weighted by Crippen LogP contribution is 2.60. The zero-order chi connectivity index (χ0) is 87.8. The van der Waals surface area contributed by atoms with Crippen molar-refractivity contribution in [2.75, 3.05) is 14.2 Å². The average molecular weight is 1690 g/mol. The van der Waals surface area contributed by atoms with Crippen LogP contribution in [0, 0.1) is 19.8 Å². The van der Waals surface area contributed by atoms with Crippen molar-refractivity contribution in [3.63, 3.8) is 0 Å². The first-order valence-electron chi connectivity index (χ1n) is 44.5. The highest BCUT2D eigenvalue weighted by atomic mass is 16.5. The molecule has 18 aromatic rings. The summed E-state index contributed by atoms with van der Waals surface area (Å²) in [7, 11) is 3.42. The molecule has 636 valence electrons. The lowest BCUT2D eigenvalue weighted by Gasteiger charge is -2.34. The van der Waals surface area contributed by atoms with Gasteiger partial charge in [0.05, 0.1) is 36.1 Å². The lowest BCUT2D eigenvalue weighted by Crippen LogP contribution is -2.28. The molecule has 0 saturated heterocycles. The zero-order valence-corrected chi connectivity index (χ0v) is 73.4. The van der Waals surface area contributed by atoms with Crippen LogP contribution in [0.2, 0.25) is 0 Å². The molecule has 0 aliphatic heterocycles. The van der Waals surface area contributed by atoms with Crippen LogP contribution in [0.5, 0.6) is 57.5 Å². The predicted octanol–water partition coefficient (Wildman–Crippen LogP) is 31.5. The van der Waals surface area contributed by atoms with Gasteiger partial charge in [0.1, 0.15) is 57.5 Å². The van der Waals surface area contributed by atoms with E-state index in [0.29, 0.717) is 23.8 Å². The Labute approximate surface area is 763 Å². The largest absolute Gasteiger partial charge is 0.497 e. The number of methoxy groups -OCH3 is 2. The molecule has 0 spiro atoms. The van der Waals surface area contributed by atoms with Crippen molar-refractivity contribution in [3.05, 3.63) is 514 Å². The Kier molecular flexibility index (Phi) is 23.0. The normalized spacial score (nSPS) is 13.4. The van der Waals surface area contributed by atoms with Crippen LogP contribution in [0.4, 0.5) is 0 Å². The molecule has 1 unspecified atom stereocenters. The standard InChI is InChI=1S/C83H68O5.C39H30O2.CH4/c1-55(2)52-53-81(4,84)79-54-60(59-24-22-56(3)23-25-59)30-51-80(79)88-70-49-37-64(38-50-70)83(77-20-12-8-16-73(77)74-17-9-13-21-78(74)83)63-35-47-69(48-36-63)87-67-41-28-58(29-42-67)57-26-39-66(40-27-57)86-68-45-33-62(34-46-68)82(61-31-43-65(85-5)44-32-61)75-18-10-6-14-71(75)72-15-7-11-19-76(72)82;1-27-11-13-28(14-12-27)29-15-21-33(22-16-29)41-34-25-19-31(20-26-34)39(30-17-23-32(40-2)24-18-30)37-9-5-3-7-35(37)36-8-4-6-10-38(36)39;/h6-51,54-55,84H,52-53H2,1-5H3;3-26H,1-2H3;1H4.